The third-order valence-electron chi connectivity index (χ3n) is 24.5. The van der Waals surface area contributed by atoms with Crippen LogP contribution in [0.3, 0.4) is 0 Å². The Morgan fingerprint density at radius 1 is 0.586 bits per heavy atom. The Morgan fingerprint density at radius 2 is 1.20 bits per heavy atom. The number of carbonyl (C=O) groups is 18. The summed E-state index contributed by atoms with van der Waals surface area (Å²) in [7, 11) is 0. The first-order valence-electron chi connectivity index (χ1n) is 49.7. The van der Waals surface area contributed by atoms with Gasteiger partial charge in [-0.25, -0.2) is 10.5 Å². The Labute approximate surface area is 839 Å². The topological polar surface area (TPSA) is 764 Å². The lowest BCUT2D eigenvalue weighted by Gasteiger charge is -2.31. The van der Waals surface area contributed by atoms with Crippen molar-refractivity contribution in [2.75, 3.05) is 78.8 Å². The molecule has 29 N–H and O–H groups in total. The van der Waals surface area contributed by atoms with Gasteiger partial charge in [0, 0.05) is 107 Å². The van der Waals surface area contributed by atoms with Gasteiger partial charge in [-0.3, -0.25) is 102 Å². The number of rotatable bonds is 61. The molecule has 145 heavy (non-hydrogen) atoms. The van der Waals surface area contributed by atoms with Gasteiger partial charge in [0.1, 0.15) is 84.7 Å². The minimum absolute atomic E-state index is 0.0246. The Hall–Kier alpha value is -13.9. The number of unbranched alkanes of at least 4 members (excludes halogenated alkanes) is 13. The summed E-state index contributed by atoms with van der Waals surface area (Å²) < 4.78 is 10.8. The second-order valence-electron chi connectivity index (χ2n) is 36.2. The fourth-order valence-electron chi connectivity index (χ4n) is 16.7. The number of carbonyl (C=O) groups excluding carboxylic acids is 16. The highest BCUT2D eigenvalue weighted by molar-refractivity contribution is 6.01. The van der Waals surface area contributed by atoms with Crippen molar-refractivity contribution in [3.05, 3.63) is 90.1 Å². The van der Waals surface area contributed by atoms with Crippen molar-refractivity contribution in [1.29, 1.82) is 5.41 Å². The van der Waals surface area contributed by atoms with Gasteiger partial charge < -0.3 is 131 Å². The highest BCUT2D eigenvalue weighted by Crippen LogP contribution is 2.25. The number of nitrogens with two attached hydrogens (primary N) is 3. The molecule has 4 aromatic rings. The quantitative estimate of drug-likeness (QED) is 0.0117. The molecule has 2 saturated heterocycles. The molecule has 5 heterocycles. The summed E-state index contributed by atoms with van der Waals surface area (Å²) in [6, 6.07) is -3.20. The number of guanidine groups is 1. The number of ether oxygens (including phenoxy) is 2. The summed E-state index contributed by atoms with van der Waals surface area (Å²) in [4.78, 5) is 264. The second kappa shape index (κ2) is 65.4. The lowest BCUT2D eigenvalue weighted by atomic mass is 10.00. The van der Waals surface area contributed by atoms with E-state index in [4.69, 9.17) is 32.1 Å². The van der Waals surface area contributed by atoms with E-state index in [2.05, 4.69) is 106 Å². The first kappa shape index (κ1) is 118. The van der Waals surface area contributed by atoms with Crippen molar-refractivity contribution in [3.63, 3.8) is 0 Å². The standard InChI is InChI=1S/C95H146N26O24/c1-2-3-30-67(85(134)111-70-37-36-62(123)28-19-16-20-32-66(84(97)133)107-89(138)72(46-60-49-103-65-31-24-23-29-64(60)65)112-86(135)68(33-25-40-102-95(98)99)108-88(137)71(45-59-26-17-15-18-27-59)114-93(142)76-48-63(124)52-121(76)94(70)143)109-91(140)74(53-120(54-82(129)130)55-83(131)132)115-90(139)73(47-61-50-100-58-105-61)113-87(136)69(38-39-77(96)125)110-92(141)75(56-122)106-80(127)51-104-81(128)57-145-44-43-144-42-41-101-79(126)35-22-14-12-10-8-6-4-5-7-9-11-13-21-34-78-116-118-119-117-78/h15,17-18,23-24,26-27,29,31,49-50,58,63,66-76,103,118-119,122,124H,2-14,16,19-22,25,28,30,32-48,51-57H2,1H3,(H2,96,125)(H2,97,133)(H,100,105)(H,101,126)(H,104,128)(H,106,127)(H,107,138)(H,108,137)(H,109,140)(H,110,141)(H,111,134)(H,112,135)(H,113,136)(H,114,142)(H,115,139)(H,116,117)(H,129,130)(H,131,132)(H4,98,99,102)/t63-,66+,67+,68+,69+,70+,71-,72+,73+,74+,75+,76+/m1/s1. The zero-order valence-corrected chi connectivity index (χ0v) is 82.2. The lowest BCUT2D eigenvalue weighted by Crippen LogP contribution is -2.62. The second-order valence-corrected chi connectivity index (χ2v) is 36.2. The van der Waals surface area contributed by atoms with Gasteiger partial charge in [-0.05, 0) is 75.0 Å². The van der Waals surface area contributed by atoms with E-state index in [-0.39, 0.29) is 115 Å². The number of H-pyrrole nitrogens is 2. The predicted octanol–water partition coefficient (Wildman–Crippen LogP) is -3.25. The van der Waals surface area contributed by atoms with Crippen LogP contribution in [-0.2, 0) is 115 Å². The highest BCUT2D eigenvalue weighted by atomic mass is 16.5. The zero-order chi connectivity index (χ0) is 105. The number of aromatic nitrogens is 3. The zero-order valence-electron chi connectivity index (χ0n) is 82.2. The number of benzene rings is 2. The number of imidazole rings is 1. The Kier molecular flexibility index (Phi) is 53.3. The first-order chi connectivity index (χ1) is 69.7. The molecule has 0 radical (unpaired) electrons. The van der Waals surface area contributed by atoms with E-state index in [0.717, 1.165) is 54.2 Å². The number of aromatic amines is 2. The third kappa shape index (κ3) is 45.3. The number of Topliss-reactive ketones (excluding diaryl/α,β-unsaturated/α-hetero) is 1. The van der Waals surface area contributed by atoms with Crippen LogP contribution in [0.25, 0.3) is 10.9 Å². The number of hydrogen-bond donors (Lipinski definition) is 26. The summed E-state index contributed by atoms with van der Waals surface area (Å²) in [6.45, 7) is -3.91. The van der Waals surface area contributed by atoms with Crippen molar-refractivity contribution in [2.45, 2.75) is 291 Å². The minimum atomic E-state index is -2.09. The molecule has 0 spiro atoms. The predicted molar refractivity (Wildman–Crippen MR) is 526 cm³/mol. The number of amidine groups is 1. The van der Waals surface area contributed by atoms with E-state index >= 15 is 28.8 Å². The van der Waals surface area contributed by atoms with Crippen LogP contribution < -0.4 is 103 Å². The number of aliphatic hydroxyl groups is 2. The highest BCUT2D eigenvalue weighted by Gasteiger charge is 2.45. The van der Waals surface area contributed by atoms with Gasteiger partial charge in [0.25, 0.3) is 0 Å². The van der Waals surface area contributed by atoms with Crippen molar-refractivity contribution in [2.24, 2.45) is 22.3 Å². The Bertz CT molecular complexity index is 4900. The van der Waals surface area contributed by atoms with E-state index in [1.54, 1.807) is 67.7 Å². The molecule has 800 valence electrons. The average Bonchev–Trinajstić information content (AvgIpc) is 1.67. The molecular weight excluding hydrogens is 1890 g/mol. The molecule has 12 atom stereocenters. The smallest absolute Gasteiger partial charge is 0.317 e. The van der Waals surface area contributed by atoms with E-state index in [0.29, 0.717) is 34.9 Å². The summed E-state index contributed by atoms with van der Waals surface area (Å²) in [5.74, 6) is -17.9. The molecule has 0 bridgehead atoms. The minimum Gasteiger partial charge on any atom is -0.480 e. The largest absolute Gasteiger partial charge is 0.480 e. The number of amides is 15. The number of nitrogens with one attached hydrogen (secondary N) is 19. The lowest BCUT2D eigenvalue weighted by molar-refractivity contribution is -0.144. The molecule has 0 aliphatic carbocycles. The van der Waals surface area contributed by atoms with Crippen molar-refractivity contribution >= 4 is 129 Å². The average molecular weight is 2040 g/mol. The molecule has 0 unspecified atom stereocenters. The van der Waals surface area contributed by atoms with Crippen molar-refractivity contribution in [1.82, 2.24) is 110 Å². The Morgan fingerprint density at radius 3 is 1.86 bits per heavy atom. The summed E-state index contributed by atoms with van der Waals surface area (Å²) in [5.41, 5.74) is 27.2. The van der Waals surface area contributed by atoms with E-state index in [1.165, 1.54) is 63.9 Å². The van der Waals surface area contributed by atoms with Crippen LogP contribution >= 0.6 is 0 Å². The number of primary amides is 2. The van der Waals surface area contributed by atoms with E-state index in [9.17, 15) is 78.0 Å². The van der Waals surface area contributed by atoms with Gasteiger partial charge in [-0.1, -0.05) is 152 Å². The number of fused-ring (bicyclic) bond motifs is 2. The Balaban J connectivity index is 1.02. The number of nitrogens with zero attached hydrogens (tertiary/aromatic N) is 4. The van der Waals surface area contributed by atoms with Gasteiger partial charge >= 0.3 is 11.9 Å². The van der Waals surface area contributed by atoms with Crippen molar-refractivity contribution in [3.8, 4) is 0 Å². The van der Waals surface area contributed by atoms with Crippen LogP contribution in [0.1, 0.15) is 216 Å². The summed E-state index contributed by atoms with van der Waals surface area (Å²) in [5, 5.41) is 87.6. The van der Waals surface area contributed by atoms with Gasteiger partial charge in [-0.15, -0.1) is 10.6 Å². The van der Waals surface area contributed by atoms with E-state index in [1.807, 2.05) is 0 Å². The molecule has 0 saturated carbocycles. The first-order valence-corrected chi connectivity index (χ1v) is 49.7. The van der Waals surface area contributed by atoms with Gasteiger partial charge in [0.2, 0.25) is 88.6 Å². The maximum absolute atomic E-state index is 15.5. The number of hydrazone groups is 1. The fourth-order valence-corrected chi connectivity index (χ4v) is 16.7. The van der Waals surface area contributed by atoms with Crippen LogP contribution in [0.15, 0.2) is 78.4 Å². The van der Waals surface area contributed by atoms with Crippen LogP contribution in [0.4, 0.5) is 0 Å². The molecule has 3 aliphatic heterocycles. The van der Waals surface area contributed by atoms with Gasteiger partial charge in [-0.2, -0.15) is 0 Å². The molecule has 15 amide bonds. The molecule has 50 heteroatoms. The maximum atomic E-state index is 15.5. The number of ketones is 1. The molecule has 7 rings (SSSR count). The maximum Gasteiger partial charge on any atom is 0.317 e. The van der Waals surface area contributed by atoms with Gasteiger partial charge in [0.05, 0.1) is 64.2 Å². The number of aliphatic hydroxyl groups excluding tert-OH is 2. The SMILES string of the molecule is CCCC[C@H](NC(=O)[C@H](CN(CC(=O)O)CC(=O)O)NC(=O)[C@H](Cc1c[nH]cn1)NC(=O)[C@H](CCC(N)=O)NC(=O)[C@H](CO)NC(=O)CNC(=O)COCCOCCNC(=O)CCCCCCCCCCCCCCCC1=NNNN1)C(=O)N[C@H]1CCC(=O)CCCCC[C@@H](C(N)=O)NC(=O)[C@H](Cc2c[nH]c3ccccc23)NC(=O)[C@H](CCCNC(=N)N)NC(=O)[C@@H](Cc2ccccc2)NC(=O)[C@@H]2C[C@@H](O)CN2C1=O. The molecule has 2 fully saturated rings. The van der Waals surface area contributed by atoms with Crippen molar-refractivity contribution < 1.29 is 116 Å². The van der Waals surface area contributed by atoms with Crippen LogP contribution in [0.2, 0.25) is 0 Å². The molecule has 50 nitrogen and oxygen atoms in total. The van der Waals surface area contributed by atoms with Gasteiger partial charge in [0.15, 0.2) is 5.96 Å². The summed E-state index contributed by atoms with van der Waals surface area (Å²) >= 11 is 0. The van der Waals surface area contributed by atoms with Crippen LogP contribution in [0.5, 0.6) is 0 Å². The third-order valence-corrected chi connectivity index (χ3v) is 24.5. The molecule has 2 aromatic heterocycles. The number of aliphatic carboxylic acids is 2. The summed E-state index contributed by atoms with van der Waals surface area (Å²) in [6.07, 6.45) is 15.9. The number of hydrogen-bond acceptors (Lipinski definition) is 29. The monoisotopic (exact) mass is 2040 g/mol. The molecule has 3 aliphatic rings. The van der Waals surface area contributed by atoms with E-state index < -0.39 is 263 Å². The molecule has 2 aromatic carbocycles. The number of hydrazine groups is 2. The van der Waals surface area contributed by atoms with Crippen LogP contribution in [0, 0.1) is 5.41 Å². The number of para-hydroxylation sites is 1. The number of carboxylic acids is 2. The fraction of sp³-hybridized carbons (Fsp3) is 0.611. The normalized spacial score (nSPS) is 18.8. The number of carboxylic acid groups (broad SMARTS) is 2. The molecular formula is C95H146N26O24. The van der Waals surface area contributed by atoms with Crippen LogP contribution in [-0.4, -0.2) is 315 Å².